The second kappa shape index (κ2) is 6.85. The lowest BCUT2D eigenvalue weighted by molar-refractivity contribution is 0.414. The summed E-state index contributed by atoms with van der Waals surface area (Å²) >= 11 is 3.44. The molecule has 0 bridgehead atoms. The van der Waals surface area contributed by atoms with E-state index in [-0.39, 0.29) is 0 Å². The summed E-state index contributed by atoms with van der Waals surface area (Å²) in [5.41, 5.74) is 1.29. The van der Waals surface area contributed by atoms with Crippen molar-refractivity contribution in [2.45, 2.75) is 25.9 Å². The predicted molar refractivity (Wildman–Crippen MR) is 67.7 cm³/mol. The van der Waals surface area contributed by atoms with E-state index in [4.69, 9.17) is 4.74 Å². The van der Waals surface area contributed by atoms with Gasteiger partial charge in [-0.25, -0.2) is 0 Å². The van der Waals surface area contributed by atoms with E-state index in [2.05, 4.69) is 40.3 Å². The fourth-order valence-corrected chi connectivity index (χ4v) is 1.99. The average molecular weight is 272 g/mol. The first-order chi connectivity index (χ1) is 7.26. The van der Waals surface area contributed by atoms with Crippen LogP contribution < -0.4 is 10.1 Å². The van der Waals surface area contributed by atoms with Crippen LogP contribution in [0.5, 0.6) is 5.75 Å². The topological polar surface area (TPSA) is 21.3 Å². The van der Waals surface area contributed by atoms with Gasteiger partial charge in [0.05, 0.1) is 7.11 Å². The van der Waals surface area contributed by atoms with E-state index < -0.39 is 0 Å². The number of nitrogens with one attached hydrogen (secondary N) is 1. The fourth-order valence-electron chi connectivity index (χ4n) is 1.30. The highest BCUT2D eigenvalue weighted by Gasteiger charge is 2.00. The molecule has 0 heterocycles. The van der Waals surface area contributed by atoms with Crippen LogP contribution >= 0.6 is 15.9 Å². The molecule has 1 rings (SSSR count). The minimum Gasteiger partial charge on any atom is -0.497 e. The SMILES string of the molecule is COc1ccc(CNC(C)CCBr)cc1. The maximum absolute atomic E-state index is 5.11. The molecule has 0 aromatic heterocycles. The molecule has 1 atom stereocenters. The summed E-state index contributed by atoms with van der Waals surface area (Å²) in [7, 11) is 1.69. The van der Waals surface area contributed by atoms with Crippen LogP contribution in [0.15, 0.2) is 24.3 Å². The van der Waals surface area contributed by atoms with Gasteiger partial charge >= 0.3 is 0 Å². The molecule has 1 aromatic rings. The van der Waals surface area contributed by atoms with Crippen molar-refractivity contribution in [3.8, 4) is 5.75 Å². The van der Waals surface area contributed by atoms with Crippen LogP contribution in [0.1, 0.15) is 18.9 Å². The molecule has 15 heavy (non-hydrogen) atoms. The van der Waals surface area contributed by atoms with Crippen molar-refractivity contribution in [2.24, 2.45) is 0 Å². The first-order valence-corrected chi connectivity index (χ1v) is 6.30. The van der Waals surface area contributed by atoms with Crippen molar-refractivity contribution in [2.75, 3.05) is 12.4 Å². The summed E-state index contributed by atoms with van der Waals surface area (Å²) in [5, 5.41) is 4.51. The summed E-state index contributed by atoms with van der Waals surface area (Å²) < 4.78 is 5.11. The van der Waals surface area contributed by atoms with Gasteiger partial charge in [-0.15, -0.1) is 0 Å². The highest BCUT2D eigenvalue weighted by Crippen LogP contribution is 2.11. The third kappa shape index (κ3) is 4.67. The Bertz CT molecular complexity index is 273. The Hall–Kier alpha value is -0.540. The zero-order valence-electron chi connectivity index (χ0n) is 9.29. The highest BCUT2D eigenvalue weighted by molar-refractivity contribution is 9.09. The van der Waals surface area contributed by atoms with Crippen molar-refractivity contribution >= 4 is 15.9 Å². The monoisotopic (exact) mass is 271 g/mol. The van der Waals surface area contributed by atoms with Crippen molar-refractivity contribution in [3.63, 3.8) is 0 Å². The molecule has 0 aliphatic heterocycles. The minimum absolute atomic E-state index is 0.548. The number of alkyl halides is 1. The van der Waals surface area contributed by atoms with E-state index in [9.17, 15) is 0 Å². The molecule has 0 amide bonds. The number of halogens is 1. The van der Waals surface area contributed by atoms with E-state index in [1.165, 1.54) is 5.56 Å². The maximum atomic E-state index is 5.11. The largest absolute Gasteiger partial charge is 0.497 e. The molecule has 0 saturated carbocycles. The number of ether oxygens (including phenoxy) is 1. The smallest absolute Gasteiger partial charge is 0.118 e. The highest BCUT2D eigenvalue weighted by atomic mass is 79.9. The van der Waals surface area contributed by atoms with Gasteiger partial charge in [0.2, 0.25) is 0 Å². The molecular formula is C12H18BrNO. The molecule has 84 valence electrons. The average Bonchev–Trinajstić information content (AvgIpc) is 2.27. The van der Waals surface area contributed by atoms with Gasteiger partial charge in [0.25, 0.3) is 0 Å². The lowest BCUT2D eigenvalue weighted by atomic mass is 10.2. The molecule has 3 heteroatoms. The molecule has 0 aliphatic carbocycles. The minimum atomic E-state index is 0.548. The summed E-state index contributed by atoms with van der Waals surface area (Å²) in [4.78, 5) is 0. The molecule has 0 fully saturated rings. The third-order valence-electron chi connectivity index (χ3n) is 2.36. The molecule has 0 spiro atoms. The van der Waals surface area contributed by atoms with Gasteiger partial charge in [0, 0.05) is 17.9 Å². The van der Waals surface area contributed by atoms with Gasteiger partial charge in [-0.05, 0) is 31.0 Å². The number of benzene rings is 1. The van der Waals surface area contributed by atoms with Gasteiger partial charge < -0.3 is 10.1 Å². The van der Waals surface area contributed by atoms with Crippen LogP contribution in [0.4, 0.5) is 0 Å². The maximum Gasteiger partial charge on any atom is 0.118 e. The molecule has 2 nitrogen and oxygen atoms in total. The van der Waals surface area contributed by atoms with Crippen LogP contribution in [-0.4, -0.2) is 18.5 Å². The van der Waals surface area contributed by atoms with Crippen molar-refractivity contribution in [1.29, 1.82) is 0 Å². The molecule has 0 aliphatic rings. The Morgan fingerprint density at radius 3 is 2.53 bits per heavy atom. The summed E-state index contributed by atoms with van der Waals surface area (Å²) in [6.07, 6.45) is 1.15. The zero-order chi connectivity index (χ0) is 11.1. The van der Waals surface area contributed by atoms with E-state index in [0.29, 0.717) is 6.04 Å². The predicted octanol–water partition coefficient (Wildman–Crippen LogP) is 2.96. The van der Waals surface area contributed by atoms with Gasteiger partial charge in [-0.2, -0.15) is 0 Å². The van der Waals surface area contributed by atoms with Crippen molar-refractivity contribution in [1.82, 2.24) is 5.32 Å². The molecule has 0 radical (unpaired) electrons. The Balaban J connectivity index is 2.37. The number of rotatable bonds is 6. The van der Waals surface area contributed by atoms with Crippen molar-refractivity contribution in [3.05, 3.63) is 29.8 Å². The Labute approximate surface area is 100 Å². The first kappa shape index (κ1) is 12.5. The number of hydrogen-bond donors (Lipinski definition) is 1. The van der Waals surface area contributed by atoms with Crippen LogP contribution in [0.2, 0.25) is 0 Å². The number of hydrogen-bond acceptors (Lipinski definition) is 2. The third-order valence-corrected chi connectivity index (χ3v) is 2.81. The first-order valence-electron chi connectivity index (χ1n) is 5.18. The van der Waals surface area contributed by atoms with E-state index >= 15 is 0 Å². The van der Waals surface area contributed by atoms with Gasteiger partial charge in [-0.1, -0.05) is 28.1 Å². The van der Waals surface area contributed by atoms with Crippen LogP contribution in [-0.2, 0) is 6.54 Å². The van der Waals surface area contributed by atoms with Gasteiger partial charge in [-0.3, -0.25) is 0 Å². The molecule has 1 unspecified atom stereocenters. The van der Waals surface area contributed by atoms with Gasteiger partial charge in [0.1, 0.15) is 5.75 Å². The van der Waals surface area contributed by atoms with Crippen molar-refractivity contribution < 1.29 is 4.74 Å². The van der Waals surface area contributed by atoms with Crippen LogP contribution in [0.25, 0.3) is 0 Å². The summed E-state index contributed by atoms with van der Waals surface area (Å²) in [6, 6.07) is 8.71. The van der Waals surface area contributed by atoms with E-state index in [0.717, 1.165) is 24.0 Å². The molecule has 0 saturated heterocycles. The lowest BCUT2D eigenvalue weighted by Gasteiger charge is -2.12. The van der Waals surface area contributed by atoms with E-state index in [1.807, 2.05) is 12.1 Å². The van der Waals surface area contributed by atoms with Crippen LogP contribution in [0, 0.1) is 0 Å². The second-order valence-corrected chi connectivity index (χ2v) is 4.40. The Morgan fingerprint density at radius 2 is 2.00 bits per heavy atom. The van der Waals surface area contributed by atoms with E-state index in [1.54, 1.807) is 7.11 Å². The van der Waals surface area contributed by atoms with Crippen LogP contribution in [0.3, 0.4) is 0 Å². The summed E-state index contributed by atoms with van der Waals surface area (Å²) in [6.45, 7) is 3.11. The number of methoxy groups -OCH3 is 1. The Kier molecular flexibility index (Phi) is 5.73. The Morgan fingerprint density at radius 1 is 1.33 bits per heavy atom. The standard InChI is InChI=1S/C12H18BrNO/c1-10(7-8-13)14-9-11-3-5-12(15-2)6-4-11/h3-6,10,14H,7-9H2,1-2H3. The quantitative estimate of drug-likeness (QED) is 0.804. The normalized spacial score (nSPS) is 12.5. The second-order valence-electron chi connectivity index (χ2n) is 3.61. The summed E-state index contributed by atoms with van der Waals surface area (Å²) in [5.74, 6) is 0.909. The molecule has 1 aromatic carbocycles. The fraction of sp³-hybridized carbons (Fsp3) is 0.500. The molecule has 1 N–H and O–H groups in total. The van der Waals surface area contributed by atoms with Gasteiger partial charge in [0.15, 0.2) is 0 Å². The molecular weight excluding hydrogens is 254 g/mol. The lowest BCUT2D eigenvalue weighted by Crippen LogP contribution is -2.25. The zero-order valence-corrected chi connectivity index (χ0v) is 10.9.